The molecule has 0 spiro atoms. The van der Waals surface area contributed by atoms with Crippen molar-refractivity contribution in [2.24, 2.45) is 0 Å². The zero-order valence-corrected chi connectivity index (χ0v) is 10.1. The summed E-state index contributed by atoms with van der Waals surface area (Å²) in [5.41, 5.74) is 1.16. The number of fused-ring (bicyclic) bond motifs is 1. The van der Waals surface area contributed by atoms with Gasteiger partial charge in [0.15, 0.2) is 0 Å². The topological polar surface area (TPSA) is 29.1 Å². The first kappa shape index (κ1) is 12.1. The molecule has 0 aliphatic rings. The maximum Gasteiger partial charge on any atom is 0.0844 e. The molecule has 1 atom stereocenters. The molecule has 1 radical (unpaired) electrons. The third kappa shape index (κ3) is 3.05. The van der Waals surface area contributed by atoms with Gasteiger partial charge in [-0.1, -0.05) is 36.4 Å². The van der Waals surface area contributed by atoms with Crippen LogP contribution in [0.3, 0.4) is 0 Å². The maximum absolute atomic E-state index is 10.3. The summed E-state index contributed by atoms with van der Waals surface area (Å²) in [6.07, 6.45) is 0.629. The molecule has 0 N–H and O–H groups in total. The van der Waals surface area contributed by atoms with Gasteiger partial charge in [0, 0.05) is 6.61 Å². The van der Waals surface area contributed by atoms with Gasteiger partial charge in [0.2, 0.25) is 0 Å². The summed E-state index contributed by atoms with van der Waals surface area (Å²) >= 11 is 0. The molecule has 2 aromatic rings. The fraction of sp³-hybridized carbons (Fsp3) is 0.333. The van der Waals surface area contributed by atoms with Crippen molar-refractivity contribution < 1.29 is 9.84 Å². The van der Waals surface area contributed by atoms with Gasteiger partial charge in [-0.15, -0.1) is 0 Å². The highest BCUT2D eigenvalue weighted by Gasteiger charge is 2.06. The van der Waals surface area contributed by atoms with Crippen molar-refractivity contribution in [2.75, 3.05) is 13.2 Å². The van der Waals surface area contributed by atoms with E-state index in [0.717, 1.165) is 5.56 Å². The summed E-state index contributed by atoms with van der Waals surface area (Å²) < 4.78 is 5.62. The molecule has 0 aliphatic carbocycles. The summed E-state index contributed by atoms with van der Waals surface area (Å²) in [7, 11) is 0. The molecule has 0 amide bonds. The lowest BCUT2D eigenvalue weighted by Crippen LogP contribution is -2.02. The minimum atomic E-state index is -0.0650. The molecule has 0 aliphatic heterocycles. The number of ether oxygens (including phenoxy) is 1. The second-order valence-corrected chi connectivity index (χ2v) is 4.18. The Labute approximate surface area is 102 Å². The van der Waals surface area contributed by atoms with E-state index >= 15 is 0 Å². The number of hydrogen-bond acceptors (Lipinski definition) is 1. The molecule has 0 bridgehead atoms. The largest absolute Gasteiger partial charge is 0.374 e. The Bertz CT molecular complexity index is 479. The van der Waals surface area contributed by atoms with Crippen LogP contribution in [0.25, 0.3) is 10.8 Å². The number of hydrogen-bond donors (Lipinski definition) is 0. The average molecular weight is 229 g/mol. The van der Waals surface area contributed by atoms with Crippen molar-refractivity contribution in [3.05, 3.63) is 48.0 Å². The Kier molecular flexibility index (Phi) is 4.13. The summed E-state index contributed by atoms with van der Waals surface area (Å²) in [5.74, 6) is 0. The van der Waals surface area contributed by atoms with Gasteiger partial charge in [-0.3, -0.25) is 0 Å². The zero-order valence-electron chi connectivity index (χ0n) is 10.1. The molecule has 89 valence electrons. The summed E-state index contributed by atoms with van der Waals surface area (Å²) in [6.45, 7) is 2.50. The number of benzene rings is 2. The summed E-state index contributed by atoms with van der Waals surface area (Å²) in [5, 5.41) is 12.8. The van der Waals surface area contributed by atoms with Gasteiger partial charge >= 0.3 is 0 Å². The van der Waals surface area contributed by atoms with Crippen LogP contribution in [0.2, 0.25) is 0 Å². The Morgan fingerprint density at radius 3 is 2.65 bits per heavy atom. The standard InChI is InChI=1S/C15H17O2/c1-12(17-10-4-9-16)14-8-7-13-5-2-3-6-15(13)11-14/h2-3,5-8,11-12H,4,9-10H2,1H3. The third-order valence-corrected chi connectivity index (χ3v) is 2.90. The Morgan fingerprint density at radius 1 is 1.12 bits per heavy atom. The van der Waals surface area contributed by atoms with Crippen LogP contribution < -0.4 is 0 Å². The van der Waals surface area contributed by atoms with E-state index in [-0.39, 0.29) is 12.7 Å². The van der Waals surface area contributed by atoms with Gasteiger partial charge in [0.1, 0.15) is 0 Å². The first-order valence-corrected chi connectivity index (χ1v) is 5.99. The monoisotopic (exact) mass is 229 g/mol. The first-order valence-electron chi connectivity index (χ1n) is 5.99. The highest BCUT2D eigenvalue weighted by atomic mass is 16.5. The molecule has 2 heteroatoms. The molecule has 0 fully saturated rings. The molecule has 17 heavy (non-hydrogen) atoms. The maximum atomic E-state index is 10.3. The van der Waals surface area contributed by atoms with Crippen LogP contribution in [0.5, 0.6) is 0 Å². The van der Waals surface area contributed by atoms with Crippen LogP contribution in [0.15, 0.2) is 42.5 Å². The van der Waals surface area contributed by atoms with E-state index in [1.54, 1.807) is 0 Å². The molecule has 0 aromatic heterocycles. The van der Waals surface area contributed by atoms with Gasteiger partial charge in [0.05, 0.1) is 12.7 Å². The molecule has 0 saturated heterocycles. The SMILES string of the molecule is CC(OCCC[O])c1ccc2ccccc2c1. The quantitative estimate of drug-likeness (QED) is 0.718. The van der Waals surface area contributed by atoms with Crippen LogP contribution in [-0.4, -0.2) is 13.2 Å². The smallest absolute Gasteiger partial charge is 0.0844 e. The van der Waals surface area contributed by atoms with Crippen LogP contribution in [0, 0.1) is 0 Å². The Morgan fingerprint density at radius 2 is 1.88 bits per heavy atom. The van der Waals surface area contributed by atoms with E-state index in [9.17, 15) is 5.11 Å². The molecule has 2 aromatic carbocycles. The summed E-state index contributed by atoms with van der Waals surface area (Å²) in [6, 6.07) is 14.6. The normalized spacial score (nSPS) is 12.8. The molecule has 2 rings (SSSR count). The van der Waals surface area contributed by atoms with E-state index in [0.29, 0.717) is 13.0 Å². The van der Waals surface area contributed by atoms with Crippen LogP contribution in [0.4, 0.5) is 0 Å². The van der Waals surface area contributed by atoms with Crippen molar-refractivity contribution in [1.29, 1.82) is 0 Å². The van der Waals surface area contributed by atoms with Crippen LogP contribution in [-0.2, 0) is 9.84 Å². The van der Waals surface area contributed by atoms with Crippen molar-refractivity contribution in [3.63, 3.8) is 0 Å². The van der Waals surface area contributed by atoms with Gasteiger partial charge < -0.3 is 4.74 Å². The minimum Gasteiger partial charge on any atom is -0.374 e. The molecule has 0 heterocycles. The fourth-order valence-corrected chi connectivity index (χ4v) is 1.88. The molecular formula is C15H17O2. The van der Waals surface area contributed by atoms with Crippen molar-refractivity contribution >= 4 is 10.8 Å². The van der Waals surface area contributed by atoms with Gasteiger partial charge in [0.25, 0.3) is 0 Å². The van der Waals surface area contributed by atoms with Crippen molar-refractivity contribution in [3.8, 4) is 0 Å². The van der Waals surface area contributed by atoms with E-state index in [1.807, 2.05) is 19.1 Å². The lowest BCUT2D eigenvalue weighted by molar-refractivity contribution is 0.0477. The lowest BCUT2D eigenvalue weighted by atomic mass is 10.0. The second-order valence-electron chi connectivity index (χ2n) is 4.18. The van der Waals surface area contributed by atoms with E-state index in [1.165, 1.54) is 10.8 Å². The Balaban J connectivity index is 2.12. The molecular weight excluding hydrogens is 212 g/mol. The third-order valence-electron chi connectivity index (χ3n) is 2.90. The first-order chi connectivity index (χ1) is 8.31. The zero-order chi connectivity index (χ0) is 12.1. The average Bonchev–Trinajstić information content (AvgIpc) is 2.38. The minimum absolute atomic E-state index is 0.0474. The second kappa shape index (κ2) is 5.80. The van der Waals surface area contributed by atoms with E-state index in [2.05, 4.69) is 30.3 Å². The highest BCUT2D eigenvalue weighted by molar-refractivity contribution is 5.83. The Hall–Kier alpha value is -1.38. The van der Waals surface area contributed by atoms with Crippen molar-refractivity contribution in [2.45, 2.75) is 19.4 Å². The van der Waals surface area contributed by atoms with E-state index < -0.39 is 0 Å². The fourth-order valence-electron chi connectivity index (χ4n) is 1.88. The molecule has 2 nitrogen and oxygen atoms in total. The predicted octanol–water partition coefficient (Wildman–Crippen LogP) is 3.74. The lowest BCUT2D eigenvalue weighted by Gasteiger charge is -2.13. The van der Waals surface area contributed by atoms with Crippen LogP contribution >= 0.6 is 0 Å². The van der Waals surface area contributed by atoms with Gasteiger partial charge in [-0.25, -0.2) is 5.11 Å². The van der Waals surface area contributed by atoms with Crippen LogP contribution in [0.1, 0.15) is 25.0 Å². The molecule has 0 saturated carbocycles. The highest BCUT2D eigenvalue weighted by Crippen LogP contribution is 2.22. The summed E-state index contributed by atoms with van der Waals surface area (Å²) in [4.78, 5) is 0. The van der Waals surface area contributed by atoms with Crippen molar-refractivity contribution in [1.82, 2.24) is 0 Å². The number of rotatable bonds is 5. The van der Waals surface area contributed by atoms with Gasteiger partial charge in [-0.05, 0) is 35.7 Å². The van der Waals surface area contributed by atoms with E-state index in [4.69, 9.17) is 4.74 Å². The molecule has 1 unspecified atom stereocenters. The van der Waals surface area contributed by atoms with Gasteiger partial charge in [-0.2, -0.15) is 0 Å². The predicted molar refractivity (Wildman–Crippen MR) is 68.5 cm³/mol.